The lowest BCUT2D eigenvalue weighted by molar-refractivity contribution is -0.0757. The summed E-state index contributed by atoms with van der Waals surface area (Å²) in [7, 11) is 12.0. The first kappa shape index (κ1) is 48.2. The molecule has 7 aromatic rings. The van der Waals surface area contributed by atoms with E-state index >= 15 is 0 Å². The molecule has 3 aromatic heterocycles. The number of rotatable bonds is 12. The van der Waals surface area contributed by atoms with Crippen molar-refractivity contribution in [3.8, 4) is 44.5 Å². The predicted octanol–water partition coefficient (Wildman–Crippen LogP) is 9.86. The third kappa shape index (κ3) is 9.21. The molecule has 4 aromatic carbocycles. The second-order valence-electron chi connectivity index (χ2n) is 16.8. The minimum atomic E-state index is -0.307. The molecule has 9 rings (SSSR count). The second-order valence-corrected chi connectivity index (χ2v) is 16.8. The lowest BCUT2D eigenvalue weighted by atomic mass is 10.0. The number of aromatic nitrogens is 4. The van der Waals surface area contributed by atoms with Crippen LogP contribution in [0.15, 0.2) is 121 Å². The van der Waals surface area contributed by atoms with Gasteiger partial charge < -0.3 is 9.97 Å². The third-order valence-corrected chi connectivity index (χ3v) is 12.7. The maximum Gasteiger partial charge on any atom is 0.277 e. The highest BCUT2D eigenvalue weighted by Crippen LogP contribution is 2.39. The molecule has 72 heavy (non-hydrogen) atoms. The van der Waals surface area contributed by atoms with Crippen LogP contribution >= 0.6 is 0 Å². The van der Waals surface area contributed by atoms with E-state index in [0.29, 0.717) is 45.0 Å². The SMILES string of the molecule is CON(C)C(=O)c1ccc(-c2c3nc(c(-c4ccc(C(=O)N(C)OC)cc4)c4ccc([nH]4)c(-c4ccc(C(=O)N(C)OC)cc4)c4nc(c(-c5ccc(C(=O)N(C)OC)cc5)c5ccc2[nH]5)C=C4)C=C3)cc1. The van der Waals surface area contributed by atoms with Crippen molar-refractivity contribution < 1.29 is 38.5 Å². The Hall–Kier alpha value is -8.80. The topological polar surface area (TPSA) is 176 Å². The summed E-state index contributed by atoms with van der Waals surface area (Å²) in [5.74, 6) is -1.23. The molecule has 16 heteroatoms. The van der Waals surface area contributed by atoms with Crippen LogP contribution in [0.2, 0.25) is 0 Å². The van der Waals surface area contributed by atoms with Crippen molar-refractivity contribution in [3.63, 3.8) is 0 Å². The number of aromatic amines is 2. The number of carbonyl (C=O) groups is 4. The first-order chi connectivity index (χ1) is 34.8. The number of hydroxylamine groups is 8. The second kappa shape index (κ2) is 20.3. The number of amides is 4. The summed E-state index contributed by atoms with van der Waals surface area (Å²) in [4.78, 5) is 91.5. The van der Waals surface area contributed by atoms with Gasteiger partial charge in [-0.05, 0) is 119 Å². The molecule has 8 bridgehead atoms. The van der Waals surface area contributed by atoms with Gasteiger partial charge in [-0.25, -0.2) is 30.2 Å². The summed E-state index contributed by atoms with van der Waals surface area (Å²) < 4.78 is 0. The largest absolute Gasteiger partial charge is 0.354 e. The van der Waals surface area contributed by atoms with Crippen molar-refractivity contribution in [1.82, 2.24) is 40.2 Å². The highest BCUT2D eigenvalue weighted by Gasteiger charge is 2.22. The Morgan fingerprint density at radius 1 is 0.333 bits per heavy atom. The number of fused-ring (bicyclic) bond motifs is 8. The van der Waals surface area contributed by atoms with Gasteiger partial charge in [0.05, 0.1) is 51.2 Å². The van der Waals surface area contributed by atoms with Crippen molar-refractivity contribution in [2.24, 2.45) is 0 Å². The van der Waals surface area contributed by atoms with Crippen molar-refractivity contribution in [1.29, 1.82) is 0 Å². The molecular formula is C56H50N8O8. The molecule has 2 aliphatic heterocycles. The normalized spacial score (nSPS) is 11.7. The van der Waals surface area contributed by atoms with E-state index in [1.54, 1.807) is 76.7 Å². The molecule has 2 aliphatic rings. The molecule has 0 unspecified atom stereocenters. The lowest BCUT2D eigenvalue weighted by Gasteiger charge is -2.14. The summed E-state index contributed by atoms with van der Waals surface area (Å²) in [6.45, 7) is 0. The fourth-order valence-electron chi connectivity index (χ4n) is 8.60. The van der Waals surface area contributed by atoms with Crippen molar-refractivity contribution in [3.05, 3.63) is 166 Å². The van der Waals surface area contributed by atoms with E-state index in [4.69, 9.17) is 29.3 Å². The molecule has 0 fully saturated rings. The van der Waals surface area contributed by atoms with Gasteiger partial charge in [0, 0.05) is 94.8 Å². The molecular weight excluding hydrogens is 913 g/mol. The monoisotopic (exact) mass is 962 g/mol. The van der Waals surface area contributed by atoms with Gasteiger partial charge in [-0.2, -0.15) is 0 Å². The molecule has 0 saturated carbocycles. The number of hydrogen-bond donors (Lipinski definition) is 2. The first-order valence-electron chi connectivity index (χ1n) is 22.7. The van der Waals surface area contributed by atoms with Gasteiger partial charge in [0.25, 0.3) is 23.6 Å². The Morgan fingerprint density at radius 2 is 0.528 bits per heavy atom. The van der Waals surface area contributed by atoms with E-state index < -0.39 is 0 Å². The Labute approximate surface area is 414 Å². The molecule has 16 nitrogen and oxygen atoms in total. The maximum absolute atomic E-state index is 13.1. The fourth-order valence-corrected chi connectivity index (χ4v) is 8.60. The van der Waals surface area contributed by atoms with E-state index in [0.717, 1.165) is 66.6 Å². The maximum atomic E-state index is 13.1. The van der Waals surface area contributed by atoms with Crippen molar-refractivity contribution >= 4 is 70.0 Å². The first-order valence-corrected chi connectivity index (χ1v) is 22.7. The molecule has 0 saturated heterocycles. The summed E-state index contributed by atoms with van der Waals surface area (Å²) in [6.07, 6.45) is 7.83. The van der Waals surface area contributed by atoms with E-state index in [1.165, 1.54) is 48.7 Å². The van der Waals surface area contributed by atoms with Gasteiger partial charge in [0.15, 0.2) is 0 Å². The number of carbonyl (C=O) groups excluding carboxylic acids is 4. The van der Waals surface area contributed by atoms with Crippen LogP contribution in [0.4, 0.5) is 0 Å². The summed E-state index contributed by atoms with van der Waals surface area (Å²) in [6, 6.07) is 37.0. The van der Waals surface area contributed by atoms with Crippen LogP contribution < -0.4 is 0 Å². The van der Waals surface area contributed by atoms with Crippen LogP contribution in [-0.2, 0) is 19.4 Å². The highest BCUT2D eigenvalue weighted by molar-refractivity contribution is 6.02. The smallest absolute Gasteiger partial charge is 0.277 e. The van der Waals surface area contributed by atoms with Gasteiger partial charge in [-0.1, -0.05) is 48.5 Å². The van der Waals surface area contributed by atoms with E-state index in [2.05, 4.69) is 9.97 Å². The number of benzene rings is 4. The molecule has 4 amide bonds. The Morgan fingerprint density at radius 3 is 0.708 bits per heavy atom. The molecule has 2 N–H and O–H groups in total. The number of H-pyrrole nitrogens is 2. The van der Waals surface area contributed by atoms with Crippen LogP contribution in [0.3, 0.4) is 0 Å². The Kier molecular flexibility index (Phi) is 13.6. The van der Waals surface area contributed by atoms with Crippen molar-refractivity contribution in [2.45, 2.75) is 0 Å². The minimum absolute atomic E-state index is 0.307. The highest BCUT2D eigenvalue weighted by atomic mass is 16.7. The van der Waals surface area contributed by atoms with E-state index in [9.17, 15) is 19.2 Å². The lowest BCUT2D eigenvalue weighted by Crippen LogP contribution is -2.25. The van der Waals surface area contributed by atoms with E-state index in [-0.39, 0.29) is 23.6 Å². The van der Waals surface area contributed by atoms with Crippen molar-refractivity contribution in [2.75, 3.05) is 56.6 Å². The molecule has 5 heterocycles. The Balaban J connectivity index is 1.37. The van der Waals surface area contributed by atoms with Crippen LogP contribution in [0.25, 0.3) is 90.9 Å². The average Bonchev–Trinajstić information content (AvgIpc) is 4.29. The molecule has 362 valence electrons. The molecule has 0 radical (unpaired) electrons. The number of hydrogen-bond acceptors (Lipinski definition) is 10. The molecule has 0 spiro atoms. The fraction of sp³-hybridized carbons (Fsp3) is 0.143. The molecule has 0 aliphatic carbocycles. The minimum Gasteiger partial charge on any atom is -0.354 e. The van der Waals surface area contributed by atoms with Crippen LogP contribution in [0, 0.1) is 0 Å². The molecule has 0 atom stereocenters. The zero-order valence-electron chi connectivity index (χ0n) is 40.8. The van der Waals surface area contributed by atoms with Crippen LogP contribution in [0.5, 0.6) is 0 Å². The standard InChI is InChI=1S/C56H50N8O8/c1-61(69-5)53(65)37-17-9-33(10-18-37)49-41-25-27-43(57-41)50(34-11-19-38(20-12-34)54(66)62(2)70-6)45-29-31-47(59-45)52(36-15-23-40(24-16-36)56(68)64(4)72-8)48-32-30-46(60-48)51(44-28-26-42(49)58-44)35-13-21-39(22-14-35)55(67)63(3)71-7/h9-32,57,60H,1-8H3. The zero-order chi connectivity index (χ0) is 50.8. The van der Waals surface area contributed by atoms with Gasteiger partial charge in [0.1, 0.15) is 0 Å². The third-order valence-electron chi connectivity index (χ3n) is 12.7. The van der Waals surface area contributed by atoms with E-state index in [1.807, 2.05) is 97.1 Å². The van der Waals surface area contributed by atoms with Crippen LogP contribution in [0.1, 0.15) is 64.2 Å². The van der Waals surface area contributed by atoms with Gasteiger partial charge in [-0.15, -0.1) is 0 Å². The van der Waals surface area contributed by atoms with Gasteiger partial charge in [0.2, 0.25) is 0 Å². The number of nitrogens with zero attached hydrogens (tertiary/aromatic N) is 6. The summed E-state index contributed by atoms with van der Waals surface area (Å²) in [5.41, 5.74) is 13.3. The summed E-state index contributed by atoms with van der Waals surface area (Å²) >= 11 is 0. The van der Waals surface area contributed by atoms with Crippen LogP contribution in [-0.4, -0.2) is 120 Å². The zero-order valence-corrected chi connectivity index (χ0v) is 40.8. The average molecular weight is 963 g/mol. The predicted molar refractivity (Wildman–Crippen MR) is 277 cm³/mol. The summed E-state index contributed by atoms with van der Waals surface area (Å²) in [5, 5.41) is 4.66. The van der Waals surface area contributed by atoms with Gasteiger partial charge >= 0.3 is 0 Å². The quantitative estimate of drug-likeness (QED) is 0.112. The Bertz CT molecular complexity index is 3040. The number of nitrogens with one attached hydrogen (secondary N) is 2. The van der Waals surface area contributed by atoms with Gasteiger partial charge in [-0.3, -0.25) is 38.5 Å².